The molecule has 0 aliphatic heterocycles. The van der Waals surface area contributed by atoms with Gasteiger partial charge in [0.15, 0.2) is 5.58 Å². The molecule has 0 spiro atoms. The Hall–Kier alpha value is -2.82. The van der Waals surface area contributed by atoms with Crippen LogP contribution in [-0.2, 0) is 0 Å². The number of hydrogen-bond donors (Lipinski definition) is 1. The van der Waals surface area contributed by atoms with Crippen LogP contribution in [0.4, 0.5) is 5.69 Å². The third kappa shape index (κ3) is 3.86. The fraction of sp³-hybridized carbons (Fsp3) is 0.130. The van der Waals surface area contributed by atoms with Gasteiger partial charge in [0.1, 0.15) is 5.52 Å². The normalized spacial score (nSPS) is 11.1. The summed E-state index contributed by atoms with van der Waals surface area (Å²) in [6.07, 6.45) is 0. The molecule has 1 N–H and O–H groups in total. The SMILES string of the molecule is Cc1ccc(C(=O)Nc2cc(-c3nc4cc(Cl)cc(Cl)c4o3)ccc2C)c(C)c1. The molecule has 146 valence electrons. The zero-order valence-electron chi connectivity index (χ0n) is 16.1. The highest BCUT2D eigenvalue weighted by atomic mass is 35.5. The number of nitrogens with one attached hydrogen (secondary N) is 1. The Bertz CT molecular complexity index is 1260. The summed E-state index contributed by atoms with van der Waals surface area (Å²) in [5.74, 6) is 0.251. The molecule has 4 aromatic rings. The van der Waals surface area contributed by atoms with Crippen molar-refractivity contribution in [2.24, 2.45) is 0 Å². The number of carbonyl (C=O) groups excluding carboxylic acids is 1. The Labute approximate surface area is 178 Å². The second-order valence-electron chi connectivity index (χ2n) is 7.06. The second-order valence-corrected chi connectivity index (χ2v) is 7.90. The molecule has 0 fully saturated rings. The number of aromatic nitrogens is 1. The Kier molecular flexibility index (Phi) is 5.07. The molecule has 0 aliphatic rings. The molecule has 1 amide bonds. The quantitative estimate of drug-likeness (QED) is 0.385. The molecule has 0 bridgehead atoms. The summed E-state index contributed by atoms with van der Waals surface area (Å²) in [6, 6.07) is 14.7. The molecule has 0 saturated heterocycles. The summed E-state index contributed by atoms with van der Waals surface area (Å²) in [6.45, 7) is 5.87. The van der Waals surface area contributed by atoms with Crippen molar-refractivity contribution in [3.05, 3.63) is 80.8 Å². The van der Waals surface area contributed by atoms with Crippen LogP contribution in [0.2, 0.25) is 10.0 Å². The number of amides is 1. The van der Waals surface area contributed by atoms with Gasteiger partial charge in [0.25, 0.3) is 5.91 Å². The predicted octanol–water partition coefficient (Wildman–Crippen LogP) is 6.98. The number of benzene rings is 3. The van der Waals surface area contributed by atoms with Gasteiger partial charge in [-0.25, -0.2) is 4.98 Å². The summed E-state index contributed by atoms with van der Waals surface area (Å²) in [7, 11) is 0. The zero-order valence-corrected chi connectivity index (χ0v) is 17.7. The lowest BCUT2D eigenvalue weighted by molar-refractivity contribution is 0.102. The van der Waals surface area contributed by atoms with E-state index in [2.05, 4.69) is 10.3 Å². The fourth-order valence-corrected chi connectivity index (χ4v) is 3.75. The lowest BCUT2D eigenvalue weighted by Gasteiger charge is -2.11. The first-order chi connectivity index (χ1) is 13.8. The van der Waals surface area contributed by atoms with Crippen LogP contribution in [0.3, 0.4) is 0 Å². The lowest BCUT2D eigenvalue weighted by atomic mass is 10.0. The number of nitrogens with zero attached hydrogens (tertiary/aromatic N) is 1. The van der Waals surface area contributed by atoms with Crippen LogP contribution < -0.4 is 5.32 Å². The molecule has 0 saturated carbocycles. The highest BCUT2D eigenvalue weighted by Gasteiger charge is 2.15. The van der Waals surface area contributed by atoms with Crippen LogP contribution in [-0.4, -0.2) is 10.9 Å². The molecule has 0 aliphatic carbocycles. The fourth-order valence-electron chi connectivity index (χ4n) is 3.23. The molecule has 1 heterocycles. The van der Waals surface area contributed by atoms with Crippen molar-refractivity contribution in [1.82, 2.24) is 4.98 Å². The van der Waals surface area contributed by atoms with Crippen LogP contribution in [0.1, 0.15) is 27.0 Å². The molecule has 4 rings (SSSR count). The van der Waals surface area contributed by atoms with Crippen molar-refractivity contribution < 1.29 is 9.21 Å². The number of hydrogen-bond acceptors (Lipinski definition) is 3. The Morgan fingerprint density at radius 1 is 0.966 bits per heavy atom. The topological polar surface area (TPSA) is 55.1 Å². The van der Waals surface area contributed by atoms with E-state index in [-0.39, 0.29) is 5.91 Å². The Morgan fingerprint density at radius 2 is 1.76 bits per heavy atom. The average molecular weight is 425 g/mol. The van der Waals surface area contributed by atoms with Gasteiger partial charge >= 0.3 is 0 Å². The van der Waals surface area contributed by atoms with Crippen molar-refractivity contribution in [3.63, 3.8) is 0 Å². The van der Waals surface area contributed by atoms with E-state index in [0.717, 1.165) is 22.3 Å². The average Bonchev–Trinajstić information content (AvgIpc) is 3.07. The van der Waals surface area contributed by atoms with E-state index in [4.69, 9.17) is 27.6 Å². The molecule has 0 atom stereocenters. The summed E-state index contributed by atoms with van der Waals surface area (Å²) >= 11 is 12.3. The zero-order chi connectivity index (χ0) is 20.7. The summed E-state index contributed by atoms with van der Waals surface area (Å²) in [5.41, 5.74) is 6.11. The van der Waals surface area contributed by atoms with Crippen LogP contribution in [0.25, 0.3) is 22.6 Å². The third-order valence-electron chi connectivity index (χ3n) is 4.77. The molecule has 6 heteroatoms. The number of carbonyl (C=O) groups is 1. The van der Waals surface area contributed by atoms with Gasteiger partial charge in [0, 0.05) is 21.8 Å². The smallest absolute Gasteiger partial charge is 0.255 e. The molecule has 0 unspecified atom stereocenters. The van der Waals surface area contributed by atoms with Gasteiger partial charge in [0.05, 0.1) is 5.02 Å². The first kappa shape index (κ1) is 19.5. The van der Waals surface area contributed by atoms with E-state index in [1.54, 1.807) is 12.1 Å². The number of aryl methyl sites for hydroxylation is 3. The summed E-state index contributed by atoms with van der Waals surface area (Å²) in [4.78, 5) is 17.3. The van der Waals surface area contributed by atoms with Crippen LogP contribution >= 0.6 is 23.2 Å². The minimum Gasteiger partial charge on any atom is -0.435 e. The maximum atomic E-state index is 12.8. The third-order valence-corrected chi connectivity index (χ3v) is 5.27. The van der Waals surface area contributed by atoms with Gasteiger partial charge < -0.3 is 9.73 Å². The number of anilines is 1. The van der Waals surface area contributed by atoms with E-state index >= 15 is 0 Å². The van der Waals surface area contributed by atoms with Gasteiger partial charge in [-0.1, -0.05) is 47.0 Å². The molecular weight excluding hydrogens is 407 g/mol. The Morgan fingerprint density at radius 3 is 2.52 bits per heavy atom. The molecule has 1 aromatic heterocycles. The molecule has 4 nitrogen and oxygen atoms in total. The summed E-state index contributed by atoms with van der Waals surface area (Å²) < 4.78 is 5.84. The Balaban J connectivity index is 1.69. The van der Waals surface area contributed by atoms with Crippen molar-refractivity contribution in [3.8, 4) is 11.5 Å². The first-order valence-electron chi connectivity index (χ1n) is 9.07. The van der Waals surface area contributed by atoms with E-state index in [9.17, 15) is 4.79 Å². The van der Waals surface area contributed by atoms with Crippen molar-refractivity contribution in [2.45, 2.75) is 20.8 Å². The number of rotatable bonds is 3. The van der Waals surface area contributed by atoms with Gasteiger partial charge in [-0.05, 0) is 62.2 Å². The molecule has 3 aromatic carbocycles. The lowest BCUT2D eigenvalue weighted by Crippen LogP contribution is -2.14. The predicted molar refractivity (Wildman–Crippen MR) is 118 cm³/mol. The van der Waals surface area contributed by atoms with E-state index < -0.39 is 0 Å². The highest BCUT2D eigenvalue weighted by Crippen LogP contribution is 2.33. The van der Waals surface area contributed by atoms with Gasteiger partial charge in [-0.3, -0.25) is 4.79 Å². The molecular formula is C23H18Cl2N2O2. The van der Waals surface area contributed by atoms with Gasteiger partial charge in [0.2, 0.25) is 5.89 Å². The van der Waals surface area contributed by atoms with Crippen LogP contribution in [0, 0.1) is 20.8 Å². The second kappa shape index (κ2) is 7.54. The highest BCUT2D eigenvalue weighted by molar-refractivity contribution is 6.38. The maximum Gasteiger partial charge on any atom is 0.255 e. The van der Waals surface area contributed by atoms with Crippen molar-refractivity contribution in [2.75, 3.05) is 5.32 Å². The summed E-state index contributed by atoms with van der Waals surface area (Å²) in [5, 5.41) is 3.89. The van der Waals surface area contributed by atoms with Crippen molar-refractivity contribution >= 4 is 45.9 Å². The van der Waals surface area contributed by atoms with Gasteiger partial charge in [-0.2, -0.15) is 0 Å². The largest absolute Gasteiger partial charge is 0.435 e. The number of fused-ring (bicyclic) bond motifs is 1. The van der Waals surface area contributed by atoms with E-state index in [1.165, 1.54) is 0 Å². The van der Waals surface area contributed by atoms with Crippen LogP contribution in [0.15, 0.2) is 52.9 Å². The minimum atomic E-state index is -0.157. The number of oxazole rings is 1. The monoisotopic (exact) mass is 424 g/mol. The van der Waals surface area contributed by atoms with Crippen molar-refractivity contribution in [1.29, 1.82) is 0 Å². The molecule has 29 heavy (non-hydrogen) atoms. The standard InChI is InChI=1S/C23H18Cl2N2O2/c1-12-4-7-17(14(3)8-12)22(28)26-19-9-15(6-5-13(19)2)23-27-20-11-16(24)10-18(25)21(20)29-23/h4-11H,1-3H3,(H,26,28). The first-order valence-corrected chi connectivity index (χ1v) is 9.82. The number of halogens is 2. The van der Waals surface area contributed by atoms with Crippen LogP contribution in [0.5, 0.6) is 0 Å². The van der Waals surface area contributed by atoms with E-state index in [0.29, 0.717) is 38.3 Å². The van der Waals surface area contributed by atoms with E-state index in [1.807, 2.05) is 57.2 Å². The molecule has 0 radical (unpaired) electrons. The van der Waals surface area contributed by atoms with Gasteiger partial charge in [-0.15, -0.1) is 0 Å². The minimum absolute atomic E-state index is 0.157. The maximum absolute atomic E-state index is 12.8.